The highest BCUT2D eigenvalue weighted by Gasteiger charge is 2.16. The minimum Gasteiger partial charge on any atom is -0.262 e. The summed E-state index contributed by atoms with van der Waals surface area (Å²) in [6.07, 6.45) is 0. The smallest absolute Gasteiger partial charge is 0.262 e. The molecule has 0 unspecified atom stereocenters. The second-order valence-electron chi connectivity index (χ2n) is 5.44. The number of benzene rings is 2. The lowest BCUT2D eigenvalue weighted by atomic mass is 10.2. The zero-order valence-corrected chi connectivity index (χ0v) is 12.8. The number of nitrogens with one attached hydrogen (secondary N) is 1. The Morgan fingerprint density at radius 1 is 0.917 bits per heavy atom. The van der Waals surface area contributed by atoms with Crippen LogP contribution in [-0.4, -0.2) is 24.4 Å². The van der Waals surface area contributed by atoms with E-state index in [2.05, 4.69) is 15.3 Å². The minimum atomic E-state index is -0.736. The molecule has 2 aromatic heterocycles. The van der Waals surface area contributed by atoms with Crippen molar-refractivity contribution in [2.45, 2.75) is 6.92 Å². The van der Waals surface area contributed by atoms with Crippen LogP contribution in [0, 0.1) is 6.92 Å². The van der Waals surface area contributed by atoms with Crippen LogP contribution in [0.2, 0.25) is 0 Å². The van der Waals surface area contributed by atoms with Crippen molar-refractivity contribution in [1.82, 2.24) is 24.4 Å². The number of hydrogen-bond acceptors (Lipinski definition) is 4. The Morgan fingerprint density at radius 2 is 1.62 bits per heavy atom. The molecule has 2 aromatic carbocycles. The normalized spacial score (nSPS) is 11.0. The quantitative estimate of drug-likeness (QED) is 0.568. The molecule has 0 atom stereocenters. The molecule has 0 fully saturated rings. The van der Waals surface area contributed by atoms with Gasteiger partial charge in [-0.3, -0.25) is 14.7 Å². The molecule has 118 valence electrons. The molecule has 0 saturated carbocycles. The molecular weight excluding hydrogens is 306 g/mol. The molecule has 1 N–H and O–H groups in total. The van der Waals surface area contributed by atoms with Crippen molar-refractivity contribution in [3.63, 3.8) is 0 Å². The highest BCUT2D eigenvalue weighted by molar-refractivity contribution is 5.58. The van der Waals surface area contributed by atoms with Crippen LogP contribution in [0.4, 0.5) is 0 Å². The van der Waals surface area contributed by atoms with Crippen LogP contribution in [0.15, 0.2) is 64.2 Å². The number of aromatic nitrogens is 5. The van der Waals surface area contributed by atoms with Crippen molar-refractivity contribution in [1.29, 1.82) is 0 Å². The standard InChI is InChI=1S/C17H13N5O2/c1-11-7-9-13(10-8-11)21-16(24)15(23)20-22-14(18-19-17(21)22)12-5-3-2-4-6-12/h2-10H,1H3,(H,20,23). The lowest BCUT2D eigenvalue weighted by Gasteiger charge is -2.07. The fourth-order valence-electron chi connectivity index (χ4n) is 2.57. The molecular formula is C17H13N5O2. The fraction of sp³-hybridized carbons (Fsp3) is 0.0588. The summed E-state index contributed by atoms with van der Waals surface area (Å²) in [6.45, 7) is 1.95. The van der Waals surface area contributed by atoms with Gasteiger partial charge in [-0.05, 0) is 19.1 Å². The number of nitrogens with zero attached hydrogens (tertiary/aromatic N) is 4. The summed E-state index contributed by atoms with van der Waals surface area (Å²) < 4.78 is 2.69. The maximum Gasteiger partial charge on any atom is 0.329 e. The lowest BCUT2D eigenvalue weighted by Crippen LogP contribution is -2.37. The molecule has 0 aliphatic heterocycles. The third-order valence-electron chi connectivity index (χ3n) is 3.78. The average molecular weight is 319 g/mol. The number of aromatic amines is 1. The van der Waals surface area contributed by atoms with E-state index in [0.29, 0.717) is 11.5 Å². The van der Waals surface area contributed by atoms with Crippen LogP contribution in [0.3, 0.4) is 0 Å². The Kier molecular flexibility index (Phi) is 3.13. The molecule has 4 rings (SSSR count). The number of fused-ring (bicyclic) bond motifs is 1. The molecule has 7 heteroatoms. The number of aryl methyl sites for hydroxylation is 1. The molecule has 0 saturated heterocycles. The molecule has 0 radical (unpaired) electrons. The summed E-state index contributed by atoms with van der Waals surface area (Å²) in [6, 6.07) is 16.6. The average Bonchev–Trinajstić information content (AvgIpc) is 3.01. The van der Waals surface area contributed by atoms with Gasteiger partial charge in [0, 0.05) is 5.56 Å². The molecule has 4 aromatic rings. The second kappa shape index (κ2) is 5.31. The van der Waals surface area contributed by atoms with Gasteiger partial charge in [-0.25, -0.2) is 4.57 Å². The Labute approximate surface area is 135 Å². The van der Waals surface area contributed by atoms with E-state index in [-0.39, 0.29) is 5.78 Å². The topological polar surface area (TPSA) is 85.0 Å². The monoisotopic (exact) mass is 319 g/mol. The molecule has 0 aliphatic rings. The largest absolute Gasteiger partial charge is 0.329 e. The van der Waals surface area contributed by atoms with Crippen LogP contribution < -0.4 is 11.1 Å². The molecule has 24 heavy (non-hydrogen) atoms. The Balaban J connectivity index is 2.06. The van der Waals surface area contributed by atoms with E-state index in [9.17, 15) is 9.59 Å². The highest BCUT2D eigenvalue weighted by Crippen LogP contribution is 2.17. The first kappa shape index (κ1) is 14.1. The number of rotatable bonds is 2. The van der Waals surface area contributed by atoms with Crippen molar-refractivity contribution in [2.24, 2.45) is 0 Å². The van der Waals surface area contributed by atoms with Gasteiger partial charge < -0.3 is 0 Å². The van der Waals surface area contributed by atoms with E-state index in [4.69, 9.17) is 0 Å². The fourth-order valence-corrected chi connectivity index (χ4v) is 2.57. The summed E-state index contributed by atoms with van der Waals surface area (Å²) >= 11 is 0. The van der Waals surface area contributed by atoms with Gasteiger partial charge >= 0.3 is 11.1 Å². The van der Waals surface area contributed by atoms with Crippen molar-refractivity contribution in [2.75, 3.05) is 0 Å². The van der Waals surface area contributed by atoms with Crippen molar-refractivity contribution >= 4 is 5.78 Å². The zero-order chi connectivity index (χ0) is 16.7. The molecule has 0 spiro atoms. The number of hydrogen-bond donors (Lipinski definition) is 1. The third-order valence-corrected chi connectivity index (χ3v) is 3.78. The molecule has 0 bridgehead atoms. The predicted octanol–water partition coefficient (Wildman–Crippen LogP) is 1.54. The first-order valence-corrected chi connectivity index (χ1v) is 7.38. The van der Waals surface area contributed by atoms with Crippen molar-refractivity contribution in [3.8, 4) is 17.1 Å². The summed E-state index contributed by atoms with van der Waals surface area (Å²) in [5.41, 5.74) is 0.973. The van der Waals surface area contributed by atoms with Crippen molar-refractivity contribution < 1.29 is 0 Å². The Morgan fingerprint density at radius 3 is 2.33 bits per heavy atom. The minimum absolute atomic E-state index is 0.252. The zero-order valence-electron chi connectivity index (χ0n) is 12.8. The van der Waals surface area contributed by atoms with Gasteiger partial charge in [0.2, 0.25) is 0 Å². The molecule has 2 heterocycles. The summed E-state index contributed by atoms with van der Waals surface area (Å²) in [7, 11) is 0. The van der Waals surface area contributed by atoms with Crippen LogP contribution in [0.5, 0.6) is 0 Å². The van der Waals surface area contributed by atoms with Gasteiger partial charge in [0.1, 0.15) is 0 Å². The van der Waals surface area contributed by atoms with E-state index < -0.39 is 11.1 Å². The van der Waals surface area contributed by atoms with E-state index in [1.54, 1.807) is 12.1 Å². The maximum atomic E-state index is 12.4. The van der Waals surface area contributed by atoms with Gasteiger partial charge in [-0.15, -0.1) is 10.2 Å². The van der Waals surface area contributed by atoms with Gasteiger partial charge in [-0.1, -0.05) is 48.0 Å². The first-order chi connectivity index (χ1) is 11.6. The second-order valence-corrected chi connectivity index (χ2v) is 5.44. The predicted molar refractivity (Wildman–Crippen MR) is 89.4 cm³/mol. The maximum absolute atomic E-state index is 12.4. The van der Waals surface area contributed by atoms with E-state index in [0.717, 1.165) is 11.1 Å². The van der Waals surface area contributed by atoms with E-state index in [1.807, 2.05) is 49.4 Å². The lowest BCUT2D eigenvalue weighted by molar-refractivity contribution is 0.806. The Hall–Kier alpha value is -3.48. The van der Waals surface area contributed by atoms with Gasteiger partial charge in [0.25, 0.3) is 5.78 Å². The van der Waals surface area contributed by atoms with Crippen molar-refractivity contribution in [3.05, 3.63) is 80.9 Å². The van der Waals surface area contributed by atoms with Crippen LogP contribution >= 0.6 is 0 Å². The summed E-state index contributed by atoms with van der Waals surface area (Å²) in [5, 5.41) is 10.8. The van der Waals surface area contributed by atoms with Gasteiger partial charge in [0.05, 0.1) is 5.69 Å². The Bertz CT molecular complexity index is 1140. The number of H-pyrrole nitrogens is 1. The first-order valence-electron chi connectivity index (χ1n) is 7.38. The molecule has 0 amide bonds. The SMILES string of the molecule is Cc1ccc(-n2c(=O)c(=O)[nH]n3c(-c4ccccc4)nnc23)cc1. The van der Waals surface area contributed by atoms with Crippen LogP contribution in [-0.2, 0) is 0 Å². The molecule has 7 nitrogen and oxygen atoms in total. The van der Waals surface area contributed by atoms with E-state index in [1.165, 1.54) is 9.08 Å². The summed E-state index contributed by atoms with van der Waals surface area (Å²) in [5.74, 6) is 0.714. The third kappa shape index (κ3) is 2.14. The molecule has 0 aliphatic carbocycles. The highest BCUT2D eigenvalue weighted by atomic mass is 16.2. The summed E-state index contributed by atoms with van der Waals surface area (Å²) in [4.78, 5) is 24.5. The van der Waals surface area contributed by atoms with Crippen LogP contribution in [0.25, 0.3) is 22.9 Å². The van der Waals surface area contributed by atoms with Crippen LogP contribution in [0.1, 0.15) is 5.56 Å². The van der Waals surface area contributed by atoms with Gasteiger partial charge in [-0.2, -0.15) is 4.52 Å². The van der Waals surface area contributed by atoms with Gasteiger partial charge in [0.15, 0.2) is 5.82 Å². The van der Waals surface area contributed by atoms with E-state index >= 15 is 0 Å².